The van der Waals surface area contributed by atoms with E-state index in [1.165, 1.54) is 0 Å². The maximum atomic E-state index is 6.66. The lowest BCUT2D eigenvalue weighted by Crippen LogP contribution is -2.41. The van der Waals surface area contributed by atoms with Crippen molar-refractivity contribution in [1.82, 2.24) is 19.9 Å². The number of benzene rings is 1. The molecule has 1 saturated carbocycles. The minimum atomic E-state index is 0.277. The number of rotatable bonds is 3. The Kier molecular flexibility index (Phi) is 4.45. The molecule has 3 heterocycles. The number of aromatic nitrogens is 4. The van der Waals surface area contributed by atoms with Crippen LogP contribution in [0.2, 0.25) is 5.02 Å². The van der Waals surface area contributed by atoms with Gasteiger partial charge in [-0.25, -0.2) is 15.0 Å². The van der Waals surface area contributed by atoms with Crippen LogP contribution in [0.5, 0.6) is 0 Å². The van der Waals surface area contributed by atoms with Crippen molar-refractivity contribution in [2.45, 2.75) is 37.8 Å². The number of nitrogens with one attached hydrogen (secondary N) is 1. The molecule has 3 N–H and O–H groups in total. The van der Waals surface area contributed by atoms with Gasteiger partial charge in [-0.2, -0.15) is 0 Å². The summed E-state index contributed by atoms with van der Waals surface area (Å²) < 4.78 is 0.992. The van der Waals surface area contributed by atoms with Crippen LogP contribution in [0.15, 0.2) is 30.0 Å². The lowest BCUT2D eigenvalue weighted by molar-refractivity contribution is 0.381. The Hall–Kier alpha value is -2.22. The molecule has 4 aromatic rings. The van der Waals surface area contributed by atoms with E-state index in [1.54, 1.807) is 11.3 Å². The first-order valence-corrected chi connectivity index (χ1v) is 10.7. The molecule has 5 rings (SSSR count). The van der Waals surface area contributed by atoms with Crippen LogP contribution in [-0.2, 0) is 0 Å². The van der Waals surface area contributed by atoms with Crippen LogP contribution < -0.4 is 10.6 Å². The Labute approximate surface area is 171 Å². The molecule has 0 radical (unpaired) electrons. The zero-order chi connectivity index (χ0) is 19.3. The third-order valence-electron chi connectivity index (χ3n) is 5.69. The number of anilines is 1. The minimum Gasteiger partial charge on any atom is -0.355 e. The van der Waals surface area contributed by atoms with Crippen molar-refractivity contribution in [3.63, 3.8) is 0 Å². The minimum absolute atomic E-state index is 0.277. The normalized spacial score (nSPS) is 20.1. The highest BCUT2D eigenvalue weighted by molar-refractivity contribution is 7.17. The van der Waals surface area contributed by atoms with Gasteiger partial charge in [0.05, 0.1) is 26.9 Å². The molecule has 28 heavy (non-hydrogen) atoms. The molecule has 0 spiro atoms. The number of hydrogen-bond donors (Lipinski definition) is 2. The Bertz CT molecular complexity index is 1150. The van der Waals surface area contributed by atoms with E-state index in [2.05, 4.69) is 21.9 Å². The summed E-state index contributed by atoms with van der Waals surface area (Å²) >= 11 is 8.21. The van der Waals surface area contributed by atoms with Crippen LogP contribution in [0.3, 0.4) is 0 Å². The Morgan fingerprint density at radius 2 is 2.14 bits per heavy atom. The first-order chi connectivity index (χ1) is 13.6. The second-order valence-corrected chi connectivity index (χ2v) is 8.68. The lowest BCUT2D eigenvalue weighted by atomic mass is 9.91. The van der Waals surface area contributed by atoms with Crippen LogP contribution >= 0.6 is 22.9 Å². The Morgan fingerprint density at radius 1 is 1.25 bits per heavy atom. The van der Waals surface area contributed by atoms with E-state index in [1.807, 2.05) is 30.0 Å². The number of nitrogens with zero attached hydrogens (tertiary/aromatic N) is 4. The third-order valence-corrected chi connectivity index (χ3v) is 7.06. The maximum absolute atomic E-state index is 6.66. The molecular formula is C20H21ClN6S. The highest BCUT2D eigenvalue weighted by atomic mass is 35.5. The van der Waals surface area contributed by atoms with E-state index in [-0.39, 0.29) is 6.04 Å². The van der Waals surface area contributed by atoms with Crippen LogP contribution in [0.25, 0.3) is 32.5 Å². The summed E-state index contributed by atoms with van der Waals surface area (Å²) in [5, 5.41) is 0.708. The third kappa shape index (κ3) is 2.94. The summed E-state index contributed by atoms with van der Waals surface area (Å²) in [6.45, 7) is 0. The van der Waals surface area contributed by atoms with Gasteiger partial charge in [-0.3, -0.25) is 0 Å². The summed E-state index contributed by atoms with van der Waals surface area (Å²) in [6, 6.07) is 4.68. The molecule has 1 aromatic carbocycles. The first kappa shape index (κ1) is 17.8. The predicted molar refractivity (Wildman–Crippen MR) is 116 cm³/mol. The van der Waals surface area contributed by atoms with E-state index in [0.29, 0.717) is 11.1 Å². The molecule has 0 aliphatic heterocycles. The van der Waals surface area contributed by atoms with Crippen LogP contribution in [0.1, 0.15) is 25.7 Å². The molecule has 1 fully saturated rings. The molecule has 0 amide bonds. The van der Waals surface area contributed by atoms with Gasteiger partial charge in [-0.1, -0.05) is 17.7 Å². The van der Waals surface area contributed by atoms with Crippen molar-refractivity contribution < 1.29 is 0 Å². The molecule has 144 valence electrons. The second kappa shape index (κ2) is 6.99. The topological polar surface area (TPSA) is 83.7 Å². The second-order valence-electron chi connectivity index (χ2n) is 7.45. The lowest BCUT2D eigenvalue weighted by Gasteiger charge is -2.34. The Balaban J connectivity index is 1.52. The highest BCUT2D eigenvalue weighted by Crippen LogP contribution is 2.38. The summed E-state index contributed by atoms with van der Waals surface area (Å²) in [4.78, 5) is 19.3. The number of thiazole rings is 1. The average molecular weight is 413 g/mol. The SMILES string of the molecule is CN(c1cnc2c(-c3ccc4ncsc4c3Cl)c[nH]c2n1)[C@@H]1CCC[C@@H](N)C1. The predicted octanol–water partition coefficient (Wildman–Crippen LogP) is 4.59. The van der Waals surface area contributed by atoms with Crippen LogP contribution in [0.4, 0.5) is 5.82 Å². The first-order valence-electron chi connectivity index (χ1n) is 9.46. The zero-order valence-electron chi connectivity index (χ0n) is 15.5. The van der Waals surface area contributed by atoms with Gasteiger partial charge in [0.15, 0.2) is 5.65 Å². The van der Waals surface area contributed by atoms with E-state index in [9.17, 15) is 0 Å². The van der Waals surface area contributed by atoms with Crippen molar-refractivity contribution in [2.75, 3.05) is 11.9 Å². The van der Waals surface area contributed by atoms with Gasteiger partial charge in [-0.15, -0.1) is 11.3 Å². The Morgan fingerprint density at radius 3 is 3.00 bits per heavy atom. The molecule has 0 saturated heterocycles. The van der Waals surface area contributed by atoms with Gasteiger partial charge in [-0.05, 0) is 31.7 Å². The molecule has 8 heteroatoms. The van der Waals surface area contributed by atoms with Crippen molar-refractivity contribution in [3.05, 3.63) is 35.1 Å². The largest absolute Gasteiger partial charge is 0.355 e. The molecule has 3 aromatic heterocycles. The van der Waals surface area contributed by atoms with Gasteiger partial charge in [0.2, 0.25) is 0 Å². The molecule has 1 aliphatic carbocycles. The van der Waals surface area contributed by atoms with Crippen LogP contribution in [-0.4, -0.2) is 39.1 Å². The molecule has 6 nitrogen and oxygen atoms in total. The quantitative estimate of drug-likeness (QED) is 0.514. The summed E-state index contributed by atoms with van der Waals surface area (Å²) in [5.74, 6) is 0.865. The molecular weight excluding hydrogens is 392 g/mol. The van der Waals surface area contributed by atoms with Crippen molar-refractivity contribution >= 4 is 50.1 Å². The number of aromatic amines is 1. The van der Waals surface area contributed by atoms with E-state index in [0.717, 1.165) is 64.0 Å². The summed E-state index contributed by atoms with van der Waals surface area (Å²) in [6.07, 6.45) is 8.19. The van der Waals surface area contributed by atoms with E-state index >= 15 is 0 Å². The van der Waals surface area contributed by atoms with E-state index < -0.39 is 0 Å². The number of nitrogens with two attached hydrogens (primary N) is 1. The van der Waals surface area contributed by atoms with Gasteiger partial charge >= 0.3 is 0 Å². The number of fused-ring (bicyclic) bond motifs is 2. The molecule has 0 bridgehead atoms. The molecule has 2 atom stereocenters. The standard InChI is InChI=1S/C20H21ClN6S/c1-27(12-4-2-3-11(22)7-12)16-9-23-18-14(8-24-20(18)26-16)13-5-6-15-19(17(13)21)28-10-25-15/h5-6,8-12H,2-4,7,22H2,1H3,(H,24,26)/t11-,12-/m1/s1. The maximum Gasteiger partial charge on any atom is 0.159 e. The smallest absolute Gasteiger partial charge is 0.159 e. The van der Waals surface area contributed by atoms with Gasteiger partial charge in [0, 0.05) is 36.5 Å². The fourth-order valence-electron chi connectivity index (χ4n) is 4.10. The summed E-state index contributed by atoms with van der Waals surface area (Å²) in [5.41, 5.74) is 12.4. The summed E-state index contributed by atoms with van der Waals surface area (Å²) in [7, 11) is 2.08. The van der Waals surface area contributed by atoms with Crippen molar-refractivity contribution in [1.29, 1.82) is 0 Å². The van der Waals surface area contributed by atoms with Crippen molar-refractivity contribution in [3.8, 4) is 11.1 Å². The zero-order valence-corrected chi connectivity index (χ0v) is 17.1. The molecule has 1 aliphatic rings. The molecule has 0 unspecified atom stereocenters. The average Bonchev–Trinajstić information content (AvgIpc) is 3.34. The van der Waals surface area contributed by atoms with Crippen LogP contribution in [0, 0.1) is 0 Å². The van der Waals surface area contributed by atoms with E-state index in [4.69, 9.17) is 27.3 Å². The number of H-pyrrole nitrogens is 1. The fourth-order valence-corrected chi connectivity index (χ4v) is 5.23. The van der Waals surface area contributed by atoms with Crippen molar-refractivity contribution in [2.24, 2.45) is 5.73 Å². The number of halogens is 1. The van der Waals surface area contributed by atoms with Gasteiger partial charge < -0.3 is 15.6 Å². The monoisotopic (exact) mass is 412 g/mol. The highest BCUT2D eigenvalue weighted by Gasteiger charge is 2.24. The van der Waals surface area contributed by atoms with Gasteiger partial charge in [0.25, 0.3) is 0 Å². The van der Waals surface area contributed by atoms with Gasteiger partial charge in [0.1, 0.15) is 11.3 Å². The fraction of sp³-hybridized carbons (Fsp3) is 0.350. The number of hydrogen-bond acceptors (Lipinski definition) is 6.